The Morgan fingerprint density at radius 1 is 1.41 bits per heavy atom. The molecule has 8 heteroatoms. The van der Waals surface area contributed by atoms with Gasteiger partial charge in [0.2, 0.25) is 0 Å². The SMILES string of the molecule is COC(=O)c1c2c(c3cc(Cc4cccc(Cl)c4F)cnc3c1O)C[C@@H]1CCCN1C2=O. The number of benzene rings is 2. The maximum Gasteiger partial charge on any atom is 0.342 e. The van der Waals surface area contributed by atoms with Gasteiger partial charge >= 0.3 is 5.97 Å². The lowest BCUT2D eigenvalue weighted by Gasteiger charge is -2.33. The number of carbonyl (C=O) groups is 2. The molecule has 2 aliphatic heterocycles. The number of halogens is 2. The third-order valence-electron chi connectivity index (χ3n) is 6.39. The topological polar surface area (TPSA) is 79.7 Å². The number of fused-ring (bicyclic) bond motifs is 4. The summed E-state index contributed by atoms with van der Waals surface area (Å²) in [6.45, 7) is 0.620. The van der Waals surface area contributed by atoms with Crippen molar-refractivity contribution in [1.29, 1.82) is 0 Å². The van der Waals surface area contributed by atoms with E-state index in [9.17, 15) is 19.1 Å². The highest BCUT2D eigenvalue weighted by atomic mass is 35.5. The molecular formula is C24H20ClFN2O4. The molecule has 1 aromatic heterocycles. The van der Waals surface area contributed by atoms with Gasteiger partial charge in [-0.05, 0) is 48.1 Å². The first-order valence-corrected chi connectivity index (χ1v) is 10.8. The van der Waals surface area contributed by atoms with E-state index in [1.165, 1.54) is 19.4 Å². The van der Waals surface area contributed by atoms with Crippen molar-refractivity contribution >= 4 is 34.4 Å². The number of pyridine rings is 1. The third-order valence-corrected chi connectivity index (χ3v) is 6.68. The van der Waals surface area contributed by atoms with Crippen molar-refractivity contribution < 1.29 is 23.8 Å². The van der Waals surface area contributed by atoms with Crippen LogP contribution in [0.5, 0.6) is 5.75 Å². The Labute approximate surface area is 188 Å². The molecule has 0 radical (unpaired) electrons. The molecule has 0 spiro atoms. The van der Waals surface area contributed by atoms with Crippen LogP contribution in [0.15, 0.2) is 30.5 Å². The molecule has 1 amide bonds. The fourth-order valence-electron chi connectivity index (χ4n) is 4.89. The molecule has 164 valence electrons. The zero-order valence-corrected chi connectivity index (χ0v) is 18.1. The van der Waals surface area contributed by atoms with Crippen molar-refractivity contribution in [3.63, 3.8) is 0 Å². The molecule has 3 heterocycles. The molecule has 1 saturated heterocycles. The summed E-state index contributed by atoms with van der Waals surface area (Å²) >= 11 is 5.91. The van der Waals surface area contributed by atoms with Crippen LogP contribution < -0.4 is 0 Å². The van der Waals surface area contributed by atoms with Crippen LogP contribution >= 0.6 is 11.6 Å². The minimum atomic E-state index is -0.779. The smallest absolute Gasteiger partial charge is 0.342 e. The molecule has 0 bridgehead atoms. The first-order chi connectivity index (χ1) is 15.4. The van der Waals surface area contributed by atoms with Gasteiger partial charge in [0.1, 0.15) is 16.9 Å². The van der Waals surface area contributed by atoms with Crippen LogP contribution in [0.25, 0.3) is 10.9 Å². The fraction of sp³-hybridized carbons (Fsp3) is 0.292. The molecule has 3 aromatic rings. The molecule has 0 saturated carbocycles. The summed E-state index contributed by atoms with van der Waals surface area (Å²) in [5.41, 5.74) is 2.04. The Hall–Kier alpha value is -3.19. The van der Waals surface area contributed by atoms with Crippen molar-refractivity contribution in [2.45, 2.75) is 31.7 Å². The Bertz CT molecular complexity index is 1290. The monoisotopic (exact) mass is 454 g/mol. The first kappa shape index (κ1) is 20.7. The normalized spacial score (nSPS) is 17.4. The maximum absolute atomic E-state index is 14.4. The number of phenolic OH excluding ortho intramolecular Hbond substituents is 1. The Morgan fingerprint density at radius 2 is 2.22 bits per heavy atom. The van der Waals surface area contributed by atoms with Gasteiger partial charge in [-0.15, -0.1) is 0 Å². The highest BCUT2D eigenvalue weighted by Gasteiger charge is 2.40. The van der Waals surface area contributed by atoms with Crippen LogP contribution in [-0.4, -0.2) is 46.6 Å². The van der Waals surface area contributed by atoms with Crippen molar-refractivity contribution in [2.24, 2.45) is 0 Å². The summed E-state index contributed by atoms with van der Waals surface area (Å²) in [5, 5.41) is 11.5. The molecule has 1 fully saturated rings. The van der Waals surface area contributed by atoms with Crippen molar-refractivity contribution in [1.82, 2.24) is 9.88 Å². The van der Waals surface area contributed by atoms with E-state index in [0.717, 1.165) is 12.8 Å². The van der Waals surface area contributed by atoms with E-state index in [4.69, 9.17) is 16.3 Å². The molecule has 1 N–H and O–H groups in total. The van der Waals surface area contributed by atoms with E-state index in [0.29, 0.717) is 35.0 Å². The first-order valence-electron chi connectivity index (χ1n) is 10.4. The largest absolute Gasteiger partial charge is 0.505 e. The van der Waals surface area contributed by atoms with Crippen molar-refractivity contribution in [3.05, 3.63) is 69.1 Å². The highest BCUT2D eigenvalue weighted by molar-refractivity contribution is 6.30. The summed E-state index contributed by atoms with van der Waals surface area (Å²) in [7, 11) is 1.21. The van der Waals surface area contributed by atoms with Gasteiger partial charge in [0.15, 0.2) is 5.75 Å². The lowest BCUT2D eigenvalue weighted by molar-refractivity contribution is 0.0581. The molecule has 2 aromatic carbocycles. The van der Waals surface area contributed by atoms with E-state index < -0.39 is 11.8 Å². The summed E-state index contributed by atoms with van der Waals surface area (Å²) in [6, 6.07) is 6.67. The van der Waals surface area contributed by atoms with Gasteiger partial charge in [-0.1, -0.05) is 23.7 Å². The van der Waals surface area contributed by atoms with Crippen LogP contribution in [0.4, 0.5) is 4.39 Å². The van der Waals surface area contributed by atoms with Crippen LogP contribution in [0.2, 0.25) is 5.02 Å². The standard InChI is InChI=1S/C24H20ClFN2O4/c1-32-24(31)19-18-15(10-14-5-3-7-28(14)23(18)30)16-9-12(11-27-21(16)22(19)29)8-13-4-2-6-17(25)20(13)26/h2,4,6,9,11,14,29H,3,5,7-8,10H2,1H3/t14-/m0/s1. The minimum absolute atomic E-state index is 0.0425. The zero-order chi connectivity index (χ0) is 22.6. The van der Waals surface area contributed by atoms with E-state index >= 15 is 0 Å². The number of aromatic nitrogens is 1. The second-order valence-corrected chi connectivity index (χ2v) is 8.60. The quantitative estimate of drug-likeness (QED) is 0.598. The second kappa shape index (κ2) is 7.74. The summed E-state index contributed by atoms with van der Waals surface area (Å²) in [5.74, 6) is -1.93. The predicted molar refractivity (Wildman–Crippen MR) is 117 cm³/mol. The number of carbonyl (C=O) groups excluding carboxylic acids is 2. The summed E-state index contributed by atoms with van der Waals surface area (Å²) in [4.78, 5) is 32.0. The number of hydrogen-bond donors (Lipinski definition) is 1. The fourth-order valence-corrected chi connectivity index (χ4v) is 5.09. The van der Waals surface area contributed by atoms with Crippen LogP contribution in [-0.2, 0) is 17.6 Å². The lowest BCUT2D eigenvalue weighted by Crippen LogP contribution is -2.42. The van der Waals surface area contributed by atoms with Crippen LogP contribution in [0, 0.1) is 5.82 Å². The number of amides is 1. The van der Waals surface area contributed by atoms with Gasteiger partial charge in [-0.3, -0.25) is 9.78 Å². The van der Waals surface area contributed by atoms with Gasteiger partial charge in [0.25, 0.3) is 5.91 Å². The number of aromatic hydroxyl groups is 1. The molecule has 5 rings (SSSR count). The maximum atomic E-state index is 14.4. The van der Waals surface area contributed by atoms with E-state index in [-0.39, 0.29) is 45.8 Å². The Morgan fingerprint density at radius 3 is 3.00 bits per heavy atom. The molecule has 32 heavy (non-hydrogen) atoms. The molecule has 6 nitrogen and oxygen atoms in total. The average Bonchev–Trinajstić information content (AvgIpc) is 3.26. The Balaban J connectivity index is 1.72. The van der Waals surface area contributed by atoms with Crippen LogP contribution in [0.3, 0.4) is 0 Å². The van der Waals surface area contributed by atoms with Gasteiger partial charge in [0, 0.05) is 30.6 Å². The number of rotatable bonds is 3. The van der Waals surface area contributed by atoms with E-state index in [1.54, 1.807) is 23.1 Å². The Kier molecular flexibility index (Phi) is 5.01. The van der Waals surface area contributed by atoms with Crippen molar-refractivity contribution in [3.8, 4) is 5.75 Å². The van der Waals surface area contributed by atoms with Crippen molar-refractivity contribution in [2.75, 3.05) is 13.7 Å². The number of ether oxygens (including phenoxy) is 1. The highest BCUT2D eigenvalue weighted by Crippen LogP contribution is 2.41. The van der Waals surface area contributed by atoms with E-state index in [2.05, 4.69) is 4.98 Å². The third kappa shape index (κ3) is 3.11. The zero-order valence-electron chi connectivity index (χ0n) is 17.3. The van der Waals surface area contributed by atoms with Crippen LogP contribution in [0.1, 0.15) is 50.2 Å². The number of nitrogens with zero attached hydrogens (tertiary/aromatic N) is 2. The van der Waals surface area contributed by atoms with E-state index in [1.807, 2.05) is 0 Å². The minimum Gasteiger partial charge on any atom is -0.505 e. The van der Waals surface area contributed by atoms with Gasteiger partial charge in [0.05, 0.1) is 17.7 Å². The molecule has 2 aliphatic rings. The van der Waals surface area contributed by atoms with Gasteiger partial charge in [-0.2, -0.15) is 0 Å². The number of methoxy groups -OCH3 is 1. The number of phenols is 1. The predicted octanol–water partition coefficient (Wildman–Crippen LogP) is 4.27. The second-order valence-electron chi connectivity index (χ2n) is 8.20. The summed E-state index contributed by atoms with van der Waals surface area (Å²) in [6.07, 6.45) is 4.09. The summed E-state index contributed by atoms with van der Waals surface area (Å²) < 4.78 is 19.3. The number of esters is 1. The molecule has 0 aliphatic carbocycles. The van der Waals surface area contributed by atoms with Gasteiger partial charge < -0.3 is 14.7 Å². The average molecular weight is 455 g/mol. The molecule has 1 atom stereocenters. The van der Waals surface area contributed by atoms with Gasteiger partial charge in [-0.25, -0.2) is 9.18 Å². The molecular weight excluding hydrogens is 435 g/mol. The number of hydrogen-bond acceptors (Lipinski definition) is 5. The lowest BCUT2D eigenvalue weighted by atomic mass is 9.86. The molecule has 0 unspecified atom stereocenters.